The predicted molar refractivity (Wildman–Crippen MR) is 70.3 cm³/mol. The van der Waals surface area contributed by atoms with Crippen LogP contribution in [0.3, 0.4) is 0 Å². The van der Waals surface area contributed by atoms with Gasteiger partial charge in [0.1, 0.15) is 6.54 Å². The lowest BCUT2D eigenvalue weighted by molar-refractivity contribution is -0.145. The molecule has 20 heavy (non-hydrogen) atoms. The molecule has 0 rings (SSSR count). The van der Waals surface area contributed by atoms with Crippen LogP contribution in [0.4, 0.5) is 4.79 Å². The van der Waals surface area contributed by atoms with Gasteiger partial charge in [-0.1, -0.05) is 6.92 Å². The normalized spacial score (nSPS) is 11.6. The maximum absolute atomic E-state index is 12.1. The van der Waals surface area contributed by atoms with E-state index in [0.717, 1.165) is 4.90 Å². The molecule has 0 saturated carbocycles. The number of ether oxygens (including phenoxy) is 2. The standard InChI is InChI=1S/C12H22N2O6/c1-9(11(17)20-4)7-13(2)12(18)14(5-6-19-3)8-10(15)16/h9H,5-8H2,1-4H3,(H,15,16). The molecule has 0 aliphatic heterocycles. The van der Waals surface area contributed by atoms with Gasteiger partial charge in [0, 0.05) is 27.2 Å². The maximum atomic E-state index is 12.1. The van der Waals surface area contributed by atoms with E-state index >= 15 is 0 Å². The summed E-state index contributed by atoms with van der Waals surface area (Å²) in [5.41, 5.74) is 0. The third-order valence-corrected chi connectivity index (χ3v) is 2.64. The quantitative estimate of drug-likeness (QED) is 0.626. The molecule has 0 aromatic carbocycles. The van der Waals surface area contributed by atoms with Gasteiger partial charge in [0.25, 0.3) is 0 Å². The van der Waals surface area contributed by atoms with Gasteiger partial charge in [-0.3, -0.25) is 9.59 Å². The number of carboxylic acids is 1. The first-order valence-electron chi connectivity index (χ1n) is 6.12. The second kappa shape index (κ2) is 9.13. The van der Waals surface area contributed by atoms with Crippen LogP contribution < -0.4 is 0 Å². The molecule has 0 bridgehead atoms. The first kappa shape index (κ1) is 18.2. The fourth-order valence-corrected chi connectivity index (χ4v) is 1.61. The summed E-state index contributed by atoms with van der Waals surface area (Å²) in [6.45, 7) is 1.76. The zero-order valence-electron chi connectivity index (χ0n) is 12.3. The average molecular weight is 290 g/mol. The molecule has 1 atom stereocenters. The molecule has 1 unspecified atom stereocenters. The number of carbonyl (C=O) groups is 3. The molecule has 2 amide bonds. The number of methoxy groups -OCH3 is 2. The highest BCUT2D eigenvalue weighted by Crippen LogP contribution is 2.04. The topological polar surface area (TPSA) is 96.4 Å². The molecular formula is C12H22N2O6. The smallest absolute Gasteiger partial charge is 0.323 e. The Kier molecular flexibility index (Phi) is 8.30. The van der Waals surface area contributed by atoms with E-state index in [1.807, 2.05) is 0 Å². The van der Waals surface area contributed by atoms with Crippen LogP contribution in [0.2, 0.25) is 0 Å². The summed E-state index contributed by atoms with van der Waals surface area (Å²) in [5.74, 6) is -2.02. The van der Waals surface area contributed by atoms with Gasteiger partial charge in [-0.2, -0.15) is 0 Å². The SMILES string of the molecule is COCCN(CC(=O)O)C(=O)N(C)CC(C)C(=O)OC. The molecule has 1 N–H and O–H groups in total. The van der Waals surface area contributed by atoms with E-state index in [4.69, 9.17) is 9.84 Å². The van der Waals surface area contributed by atoms with Crippen molar-refractivity contribution >= 4 is 18.0 Å². The van der Waals surface area contributed by atoms with Gasteiger partial charge in [-0.25, -0.2) is 4.79 Å². The predicted octanol–water partition coefficient (Wildman–Crippen LogP) is -0.120. The molecule has 8 nitrogen and oxygen atoms in total. The van der Waals surface area contributed by atoms with Gasteiger partial charge >= 0.3 is 18.0 Å². The Morgan fingerprint density at radius 1 is 1.25 bits per heavy atom. The highest BCUT2D eigenvalue weighted by Gasteiger charge is 2.23. The Morgan fingerprint density at radius 2 is 1.85 bits per heavy atom. The van der Waals surface area contributed by atoms with Crippen LogP contribution >= 0.6 is 0 Å². The lowest BCUT2D eigenvalue weighted by atomic mass is 10.2. The van der Waals surface area contributed by atoms with Crippen molar-refractivity contribution < 1.29 is 29.0 Å². The zero-order chi connectivity index (χ0) is 15.7. The van der Waals surface area contributed by atoms with Crippen LogP contribution in [0.15, 0.2) is 0 Å². The van der Waals surface area contributed by atoms with Crippen molar-refractivity contribution in [2.24, 2.45) is 5.92 Å². The van der Waals surface area contributed by atoms with Crippen molar-refractivity contribution in [3.63, 3.8) is 0 Å². The average Bonchev–Trinajstić information content (AvgIpc) is 2.40. The summed E-state index contributed by atoms with van der Waals surface area (Å²) in [7, 11) is 4.24. The minimum absolute atomic E-state index is 0.147. The largest absolute Gasteiger partial charge is 0.480 e. The number of hydrogen-bond acceptors (Lipinski definition) is 5. The highest BCUT2D eigenvalue weighted by atomic mass is 16.5. The minimum Gasteiger partial charge on any atom is -0.480 e. The summed E-state index contributed by atoms with van der Waals surface area (Å²) in [6, 6.07) is -0.472. The molecule has 0 saturated heterocycles. The van der Waals surface area contributed by atoms with Crippen molar-refractivity contribution in [1.82, 2.24) is 9.80 Å². The summed E-state index contributed by atoms with van der Waals surface area (Å²) in [4.78, 5) is 36.6. The fraction of sp³-hybridized carbons (Fsp3) is 0.750. The Labute approximate surface area is 118 Å². The number of hydrogen-bond donors (Lipinski definition) is 1. The number of amides is 2. The molecule has 0 heterocycles. The van der Waals surface area contributed by atoms with E-state index in [1.165, 1.54) is 26.2 Å². The number of carbonyl (C=O) groups excluding carboxylic acids is 2. The molecule has 0 spiro atoms. The molecule has 0 aromatic rings. The zero-order valence-corrected chi connectivity index (χ0v) is 12.3. The van der Waals surface area contributed by atoms with Crippen LogP contribution in [-0.4, -0.2) is 80.4 Å². The second-order valence-corrected chi connectivity index (χ2v) is 4.40. The number of aliphatic carboxylic acids is 1. The fourth-order valence-electron chi connectivity index (χ4n) is 1.61. The minimum atomic E-state index is -1.11. The second-order valence-electron chi connectivity index (χ2n) is 4.40. The van der Waals surface area contributed by atoms with Crippen molar-refractivity contribution in [2.45, 2.75) is 6.92 Å². The molecule has 8 heteroatoms. The lowest BCUT2D eigenvalue weighted by Crippen LogP contribution is -2.46. The van der Waals surface area contributed by atoms with E-state index in [1.54, 1.807) is 6.92 Å². The van der Waals surface area contributed by atoms with Gasteiger partial charge in [-0.05, 0) is 0 Å². The number of carboxylic acid groups (broad SMARTS) is 1. The van der Waals surface area contributed by atoms with Crippen LogP contribution in [0.1, 0.15) is 6.92 Å². The first-order chi connectivity index (χ1) is 9.33. The van der Waals surface area contributed by atoms with Crippen molar-refractivity contribution in [3.8, 4) is 0 Å². The van der Waals surface area contributed by atoms with Crippen LogP contribution in [0.5, 0.6) is 0 Å². The Morgan fingerprint density at radius 3 is 2.30 bits per heavy atom. The van der Waals surface area contributed by atoms with Gasteiger partial charge in [0.2, 0.25) is 0 Å². The summed E-state index contributed by atoms with van der Waals surface area (Å²) in [6.07, 6.45) is 0. The van der Waals surface area contributed by atoms with E-state index in [9.17, 15) is 14.4 Å². The van der Waals surface area contributed by atoms with Crippen LogP contribution in [0, 0.1) is 5.92 Å². The Balaban J connectivity index is 4.61. The van der Waals surface area contributed by atoms with E-state index < -0.39 is 30.4 Å². The summed E-state index contributed by atoms with van der Waals surface area (Å²) >= 11 is 0. The van der Waals surface area contributed by atoms with Gasteiger partial charge in [0.15, 0.2) is 0 Å². The van der Waals surface area contributed by atoms with E-state index in [2.05, 4.69) is 4.74 Å². The molecule has 116 valence electrons. The number of esters is 1. The monoisotopic (exact) mass is 290 g/mol. The van der Waals surface area contributed by atoms with Crippen LogP contribution in [-0.2, 0) is 19.1 Å². The maximum Gasteiger partial charge on any atom is 0.323 e. The Hall–Kier alpha value is -1.83. The molecular weight excluding hydrogens is 268 g/mol. The van der Waals surface area contributed by atoms with E-state index in [-0.39, 0.29) is 19.7 Å². The van der Waals surface area contributed by atoms with E-state index in [0.29, 0.717) is 0 Å². The number of rotatable bonds is 8. The molecule has 0 radical (unpaired) electrons. The third-order valence-electron chi connectivity index (χ3n) is 2.64. The first-order valence-corrected chi connectivity index (χ1v) is 6.12. The van der Waals surface area contributed by atoms with Crippen molar-refractivity contribution in [3.05, 3.63) is 0 Å². The van der Waals surface area contributed by atoms with Gasteiger partial charge in [-0.15, -0.1) is 0 Å². The number of urea groups is 1. The van der Waals surface area contributed by atoms with Gasteiger partial charge in [0.05, 0.1) is 19.6 Å². The Bertz CT molecular complexity index is 347. The molecule has 0 aliphatic rings. The highest BCUT2D eigenvalue weighted by molar-refractivity contribution is 5.80. The van der Waals surface area contributed by atoms with Crippen molar-refractivity contribution in [1.29, 1.82) is 0 Å². The van der Waals surface area contributed by atoms with Crippen molar-refractivity contribution in [2.75, 3.05) is 47.5 Å². The molecule has 0 aromatic heterocycles. The molecule has 0 aliphatic carbocycles. The van der Waals surface area contributed by atoms with Crippen LogP contribution in [0.25, 0.3) is 0 Å². The third kappa shape index (κ3) is 6.37. The summed E-state index contributed by atoms with van der Waals surface area (Å²) < 4.78 is 9.42. The number of nitrogens with zero attached hydrogens (tertiary/aromatic N) is 2. The molecule has 0 fully saturated rings. The summed E-state index contributed by atoms with van der Waals surface area (Å²) in [5, 5.41) is 8.79. The lowest BCUT2D eigenvalue weighted by Gasteiger charge is -2.28. The van der Waals surface area contributed by atoms with Gasteiger partial charge < -0.3 is 24.4 Å².